The summed E-state index contributed by atoms with van der Waals surface area (Å²) in [6.07, 6.45) is -0.238. The van der Waals surface area contributed by atoms with Crippen LogP contribution < -0.4 is 0 Å². The number of carbonyl (C=O) groups excluding carboxylic acids is 1. The van der Waals surface area contributed by atoms with Crippen LogP contribution in [-0.4, -0.2) is 50.3 Å². The van der Waals surface area contributed by atoms with Crippen molar-refractivity contribution in [3.8, 4) is 0 Å². The molecule has 0 saturated carbocycles. The highest BCUT2D eigenvalue weighted by Gasteiger charge is 2.29. The van der Waals surface area contributed by atoms with Crippen molar-refractivity contribution in [2.75, 3.05) is 18.8 Å². The van der Waals surface area contributed by atoms with Gasteiger partial charge in [-0.15, -0.1) is 0 Å². The van der Waals surface area contributed by atoms with Gasteiger partial charge in [-0.1, -0.05) is 0 Å². The largest absolute Gasteiger partial charge is 0.372 e. The standard InChI is InChI=1S/C14H18FNO4S/c1-10-7-16(8-11(2)20-10)14(17)9-21(18,19)13-5-3-12(15)4-6-13/h3-6,10-11H,7-9H2,1-2H3/t10-,11-/m1/s1. The molecular formula is C14H18FNO4S. The van der Waals surface area contributed by atoms with Gasteiger partial charge in [0.25, 0.3) is 0 Å². The summed E-state index contributed by atoms with van der Waals surface area (Å²) in [6.45, 7) is 4.43. The number of rotatable bonds is 3. The first-order chi connectivity index (χ1) is 9.78. The average Bonchev–Trinajstić information content (AvgIpc) is 2.37. The molecule has 1 aromatic carbocycles. The van der Waals surface area contributed by atoms with Gasteiger partial charge < -0.3 is 9.64 Å². The Morgan fingerprint density at radius 1 is 1.24 bits per heavy atom. The predicted octanol–water partition coefficient (Wildman–Crippen LogP) is 1.24. The van der Waals surface area contributed by atoms with Gasteiger partial charge in [0.2, 0.25) is 5.91 Å². The van der Waals surface area contributed by atoms with Gasteiger partial charge in [-0.05, 0) is 38.1 Å². The topological polar surface area (TPSA) is 63.7 Å². The van der Waals surface area contributed by atoms with Crippen molar-refractivity contribution in [3.05, 3.63) is 30.1 Å². The maximum atomic E-state index is 12.8. The summed E-state index contributed by atoms with van der Waals surface area (Å²) in [5.41, 5.74) is 0. The summed E-state index contributed by atoms with van der Waals surface area (Å²) in [6, 6.07) is 4.47. The number of hydrogen-bond acceptors (Lipinski definition) is 4. The minimum absolute atomic E-state index is 0.0494. The number of halogens is 1. The molecule has 1 aromatic rings. The molecule has 0 radical (unpaired) electrons. The minimum Gasteiger partial charge on any atom is -0.372 e. The molecule has 1 aliphatic rings. The molecule has 1 aliphatic heterocycles. The summed E-state index contributed by atoms with van der Waals surface area (Å²) < 4.78 is 42.7. The Labute approximate surface area is 123 Å². The fourth-order valence-electron chi connectivity index (χ4n) is 2.36. The van der Waals surface area contributed by atoms with Crippen LogP contribution in [0, 0.1) is 5.82 Å². The highest BCUT2D eigenvalue weighted by molar-refractivity contribution is 7.92. The molecule has 5 nitrogen and oxygen atoms in total. The Morgan fingerprint density at radius 2 is 1.76 bits per heavy atom. The third-order valence-corrected chi connectivity index (χ3v) is 4.88. The molecule has 0 spiro atoms. The second-order valence-corrected chi connectivity index (χ2v) is 7.26. The van der Waals surface area contributed by atoms with Crippen molar-refractivity contribution in [3.63, 3.8) is 0 Å². The van der Waals surface area contributed by atoms with Crippen LogP contribution >= 0.6 is 0 Å². The molecule has 21 heavy (non-hydrogen) atoms. The van der Waals surface area contributed by atoms with Crippen LogP contribution in [-0.2, 0) is 19.4 Å². The van der Waals surface area contributed by atoms with Gasteiger partial charge in [0.05, 0.1) is 17.1 Å². The number of amides is 1. The molecular weight excluding hydrogens is 297 g/mol. The van der Waals surface area contributed by atoms with Crippen molar-refractivity contribution in [2.24, 2.45) is 0 Å². The van der Waals surface area contributed by atoms with Gasteiger partial charge in [-0.25, -0.2) is 12.8 Å². The van der Waals surface area contributed by atoms with E-state index in [1.807, 2.05) is 13.8 Å². The first-order valence-corrected chi connectivity index (χ1v) is 8.35. The second kappa shape index (κ2) is 6.11. The zero-order chi connectivity index (χ0) is 15.6. The third-order valence-electron chi connectivity index (χ3n) is 3.26. The number of benzene rings is 1. The van der Waals surface area contributed by atoms with Gasteiger partial charge in [0.15, 0.2) is 9.84 Å². The fraction of sp³-hybridized carbons (Fsp3) is 0.500. The molecule has 0 bridgehead atoms. The zero-order valence-corrected chi connectivity index (χ0v) is 12.8. The summed E-state index contributed by atoms with van der Waals surface area (Å²) in [5, 5.41) is 0. The third kappa shape index (κ3) is 4.01. The maximum Gasteiger partial charge on any atom is 0.238 e. The fourth-order valence-corrected chi connectivity index (χ4v) is 3.59. The molecule has 0 aliphatic carbocycles. The molecule has 1 heterocycles. The van der Waals surface area contributed by atoms with E-state index in [9.17, 15) is 17.6 Å². The smallest absolute Gasteiger partial charge is 0.238 e. The van der Waals surface area contributed by atoms with E-state index in [-0.39, 0.29) is 17.1 Å². The number of nitrogens with zero attached hydrogens (tertiary/aromatic N) is 1. The second-order valence-electron chi connectivity index (χ2n) is 5.27. The quantitative estimate of drug-likeness (QED) is 0.787. The van der Waals surface area contributed by atoms with E-state index in [0.29, 0.717) is 13.1 Å². The van der Waals surface area contributed by atoms with E-state index in [1.165, 1.54) is 17.0 Å². The highest BCUT2D eigenvalue weighted by Crippen LogP contribution is 2.15. The Balaban J connectivity index is 2.09. The van der Waals surface area contributed by atoms with Crippen LogP contribution in [0.15, 0.2) is 29.2 Å². The number of sulfone groups is 1. The molecule has 7 heteroatoms. The Hall–Kier alpha value is -1.47. The lowest BCUT2D eigenvalue weighted by Crippen LogP contribution is -2.49. The predicted molar refractivity (Wildman–Crippen MR) is 75.0 cm³/mol. The van der Waals surface area contributed by atoms with E-state index in [1.54, 1.807) is 0 Å². The molecule has 2 rings (SSSR count). The monoisotopic (exact) mass is 315 g/mol. The average molecular weight is 315 g/mol. The molecule has 2 atom stereocenters. The van der Waals surface area contributed by atoms with Crippen molar-refractivity contribution in [1.29, 1.82) is 0 Å². The summed E-state index contributed by atoms with van der Waals surface area (Å²) >= 11 is 0. The normalized spacial score (nSPS) is 23.1. The van der Waals surface area contributed by atoms with Crippen LogP contribution in [0.25, 0.3) is 0 Å². The van der Waals surface area contributed by atoms with Gasteiger partial charge >= 0.3 is 0 Å². The lowest BCUT2D eigenvalue weighted by molar-refractivity contribution is -0.140. The number of hydrogen-bond donors (Lipinski definition) is 0. The van der Waals surface area contributed by atoms with E-state index in [0.717, 1.165) is 12.1 Å². The van der Waals surface area contributed by atoms with Crippen LogP contribution in [0.1, 0.15) is 13.8 Å². The minimum atomic E-state index is -3.76. The summed E-state index contributed by atoms with van der Waals surface area (Å²) in [7, 11) is -3.76. The zero-order valence-electron chi connectivity index (χ0n) is 12.0. The Kier molecular flexibility index (Phi) is 4.63. The van der Waals surface area contributed by atoms with E-state index < -0.39 is 27.3 Å². The van der Waals surface area contributed by atoms with Crippen LogP contribution in [0.4, 0.5) is 4.39 Å². The lowest BCUT2D eigenvalue weighted by Gasteiger charge is -2.35. The molecule has 116 valence electrons. The van der Waals surface area contributed by atoms with Gasteiger partial charge in [-0.2, -0.15) is 0 Å². The lowest BCUT2D eigenvalue weighted by atomic mass is 10.2. The molecule has 0 aromatic heterocycles. The first kappa shape index (κ1) is 15.9. The van der Waals surface area contributed by atoms with Crippen molar-refractivity contribution in [2.45, 2.75) is 31.0 Å². The Morgan fingerprint density at radius 3 is 2.29 bits per heavy atom. The van der Waals surface area contributed by atoms with Crippen LogP contribution in [0.5, 0.6) is 0 Å². The maximum absolute atomic E-state index is 12.8. The molecule has 0 N–H and O–H groups in total. The summed E-state index contributed by atoms with van der Waals surface area (Å²) in [5.74, 6) is -1.59. The van der Waals surface area contributed by atoms with Crippen LogP contribution in [0.3, 0.4) is 0 Å². The highest BCUT2D eigenvalue weighted by atomic mass is 32.2. The van der Waals surface area contributed by atoms with E-state index in [2.05, 4.69) is 0 Å². The number of morpholine rings is 1. The molecule has 1 saturated heterocycles. The first-order valence-electron chi connectivity index (χ1n) is 6.69. The van der Waals surface area contributed by atoms with Crippen molar-refractivity contribution < 1.29 is 22.3 Å². The SMILES string of the molecule is C[C@@H]1CN(C(=O)CS(=O)(=O)c2ccc(F)cc2)C[C@@H](C)O1. The van der Waals surface area contributed by atoms with Crippen LogP contribution in [0.2, 0.25) is 0 Å². The van der Waals surface area contributed by atoms with Gasteiger partial charge in [-0.3, -0.25) is 4.79 Å². The molecule has 1 fully saturated rings. The van der Waals surface area contributed by atoms with Gasteiger partial charge in [0.1, 0.15) is 11.6 Å². The van der Waals surface area contributed by atoms with E-state index >= 15 is 0 Å². The summed E-state index contributed by atoms with van der Waals surface area (Å²) in [4.78, 5) is 13.6. The number of carbonyl (C=O) groups is 1. The van der Waals surface area contributed by atoms with Crippen molar-refractivity contribution in [1.82, 2.24) is 4.90 Å². The Bertz CT molecular complexity index is 604. The number of ether oxygens (including phenoxy) is 1. The molecule has 0 unspecified atom stereocenters. The molecule has 1 amide bonds. The van der Waals surface area contributed by atoms with E-state index in [4.69, 9.17) is 4.74 Å². The van der Waals surface area contributed by atoms with Gasteiger partial charge in [0, 0.05) is 13.1 Å². The van der Waals surface area contributed by atoms with Crippen molar-refractivity contribution >= 4 is 15.7 Å².